The van der Waals surface area contributed by atoms with E-state index >= 15 is 0 Å². The number of terminal acetylenes is 1. The van der Waals surface area contributed by atoms with Crippen molar-refractivity contribution in [3.63, 3.8) is 0 Å². The van der Waals surface area contributed by atoms with E-state index in [0.29, 0.717) is 31.6 Å². The first-order valence-corrected chi connectivity index (χ1v) is 8.98. The molecule has 0 radical (unpaired) electrons. The predicted octanol–water partition coefficient (Wildman–Crippen LogP) is 3.27. The van der Waals surface area contributed by atoms with E-state index in [1.807, 2.05) is 20.8 Å². The molecule has 0 aromatic heterocycles. The zero-order valence-corrected chi connectivity index (χ0v) is 15.5. The molecule has 5 nitrogen and oxygen atoms in total. The van der Waals surface area contributed by atoms with E-state index in [9.17, 15) is 9.59 Å². The van der Waals surface area contributed by atoms with Crippen LogP contribution < -0.4 is 0 Å². The number of nitrogens with zero attached hydrogens (tertiary/aromatic N) is 1. The number of hydrogen-bond acceptors (Lipinski definition) is 4. The van der Waals surface area contributed by atoms with Crippen LogP contribution in [0, 0.1) is 18.3 Å². The molecule has 3 rings (SSSR count). The Morgan fingerprint density at radius 1 is 1.15 bits per heavy atom. The number of carbonyl (C=O) groups excluding carboxylic acids is 2. The van der Waals surface area contributed by atoms with Crippen molar-refractivity contribution in [3.05, 3.63) is 35.4 Å². The lowest BCUT2D eigenvalue weighted by Gasteiger charge is -2.47. The maximum Gasteiger partial charge on any atom is 0.410 e. The van der Waals surface area contributed by atoms with Crippen LogP contribution in [0.2, 0.25) is 0 Å². The molecule has 1 aromatic rings. The second kappa shape index (κ2) is 7.13. The molecule has 2 fully saturated rings. The topological polar surface area (TPSA) is 55.8 Å². The number of hydrogen-bond donors (Lipinski definition) is 0. The van der Waals surface area contributed by atoms with Gasteiger partial charge in [-0.15, -0.1) is 6.42 Å². The van der Waals surface area contributed by atoms with Crippen LogP contribution in [-0.2, 0) is 9.47 Å². The minimum absolute atomic E-state index is 0.106. The molecule has 2 aliphatic heterocycles. The van der Waals surface area contributed by atoms with Crippen molar-refractivity contribution in [1.29, 1.82) is 0 Å². The number of amides is 1. The number of carbonyl (C=O) groups is 2. The van der Waals surface area contributed by atoms with Crippen molar-refractivity contribution in [2.45, 2.75) is 51.3 Å². The Labute approximate surface area is 154 Å². The second-order valence-corrected chi connectivity index (χ2v) is 7.99. The Morgan fingerprint density at radius 2 is 1.73 bits per heavy atom. The molecule has 138 valence electrons. The zero-order chi connectivity index (χ0) is 18.9. The van der Waals surface area contributed by atoms with Crippen LogP contribution in [0.4, 0.5) is 4.79 Å². The molecular formula is C21H25NO4. The number of rotatable bonds is 2. The predicted molar refractivity (Wildman–Crippen MR) is 97.9 cm³/mol. The van der Waals surface area contributed by atoms with Gasteiger partial charge in [-0.2, -0.15) is 0 Å². The fraction of sp³-hybridized carbons (Fsp3) is 0.524. The Hall–Kier alpha value is -2.32. The molecule has 26 heavy (non-hydrogen) atoms. The molecular weight excluding hydrogens is 330 g/mol. The van der Waals surface area contributed by atoms with Crippen LogP contribution in [0.1, 0.15) is 49.5 Å². The molecule has 0 aliphatic carbocycles. The number of Topliss-reactive ketones (excluding diaryl/α,β-unsaturated/α-hetero) is 1. The number of morpholine rings is 1. The molecule has 2 heterocycles. The number of fused-ring (bicyclic) bond motifs is 2. The summed E-state index contributed by atoms with van der Waals surface area (Å²) in [5, 5.41) is 0. The highest BCUT2D eigenvalue weighted by molar-refractivity contribution is 5.98. The highest BCUT2D eigenvalue weighted by atomic mass is 16.6. The van der Waals surface area contributed by atoms with Crippen molar-refractivity contribution in [1.82, 2.24) is 4.90 Å². The lowest BCUT2D eigenvalue weighted by molar-refractivity contribution is -0.0861. The maximum atomic E-state index is 12.9. The molecule has 0 saturated carbocycles. The molecule has 2 atom stereocenters. The summed E-state index contributed by atoms with van der Waals surface area (Å²) in [6.07, 6.45) is 6.23. The Kier molecular flexibility index (Phi) is 5.06. The highest BCUT2D eigenvalue weighted by Crippen LogP contribution is 2.34. The zero-order valence-electron chi connectivity index (χ0n) is 15.5. The lowest BCUT2D eigenvalue weighted by atomic mass is 9.81. The van der Waals surface area contributed by atoms with E-state index in [1.54, 1.807) is 29.2 Å². The first-order chi connectivity index (χ1) is 12.3. The minimum Gasteiger partial charge on any atom is -0.444 e. The van der Waals surface area contributed by atoms with Crippen LogP contribution in [0.15, 0.2) is 24.3 Å². The summed E-state index contributed by atoms with van der Waals surface area (Å²) in [5.74, 6) is 2.54. The van der Waals surface area contributed by atoms with Gasteiger partial charge < -0.3 is 9.47 Å². The SMILES string of the molecule is C#Cc1ccc(C(=O)C2CC3COCC(C2)N3C(=O)OC(C)(C)C)cc1. The van der Waals surface area contributed by atoms with Crippen molar-refractivity contribution in [2.24, 2.45) is 5.92 Å². The molecule has 2 bridgehead atoms. The van der Waals surface area contributed by atoms with Gasteiger partial charge in [-0.3, -0.25) is 9.69 Å². The number of benzene rings is 1. The lowest BCUT2D eigenvalue weighted by Crippen LogP contribution is -2.60. The summed E-state index contributed by atoms with van der Waals surface area (Å²) in [5.41, 5.74) is 0.878. The average Bonchev–Trinajstić information content (AvgIpc) is 2.58. The van der Waals surface area contributed by atoms with Crippen molar-refractivity contribution < 1.29 is 19.1 Å². The quantitative estimate of drug-likeness (QED) is 0.604. The van der Waals surface area contributed by atoms with Crippen molar-refractivity contribution in [3.8, 4) is 12.3 Å². The fourth-order valence-corrected chi connectivity index (χ4v) is 3.71. The third-order valence-electron chi connectivity index (χ3n) is 4.83. The van der Waals surface area contributed by atoms with Crippen LogP contribution in [0.3, 0.4) is 0 Å². The summed E-state index contributed by atoms with van der Waals surface area (Å²) in [4.78, 5) is 27.3. The number of ether oxygens (including phenoxy) is 2. The van der Waals surface area contributed by atoms with E-state index in [4.69, 9.17) is 15.9 Å². The van der Waals surface area contributed by atoms with Crippen molar-refractivity contribution in [2.75, 3.05) is 13.2 Å². The van der Waals surface area contributed by atoms with Crippen LogP contribution >= 0.6 is 0 Å². The van der Waals surface area contributed by atoms with E-state index in [1.165, 1.54) is 0 Å². The number of ketones is 1. The van der Waals surface area contributed by atoms with Gasteiger partial charge in [-0.05, 0) is 45.7 Å². The Balaban J connectivity index is 1.73. The third-order valence-corrected chi connectivity index (χ3v) is 4.83. The van der Waals surface area contributed by atoms with E-state index < -0.39 is 5.60 Å². The van der Waals surface area contributed by atoms with Gasteiger partial charge in [0.05, 0.1) is 25.3 Å². The summed E-state index contributed by atoms with van der Waals surface area (Å²) < 4.78 is 11.2. The standard InChI is InChI=1S/C21H25NO4/c1-5-14-6-8-15(9-7-14)19(23)16-10-17-12-25-13-18(11-16)22(17)20(24)26-21(2,3)4/h1,6-9,16-18H,10-13H2,2-4H3. The first kappa shape index (κ1) is 18.5. The Bertz CT molecular complexity index is 712. The molecule has 1 amide bonds. The normalized spacial score (nSPS) is 25.3. The van der Waals surface area contributed by atoms with Gasteiger partial charge in [-0.1, -0.05) is 18.1 Å². The second-order valence-electron chi connectivity index (χ2n) is 7.99. The van der Waals surface area contributed by atoms with Gasteiger partial charge in [0.15, 0.2) is 5.78 Å². The fourth-order valence-electron chi connectivity index (χ4n) is 3.71. The van der Waals surface area contributed by atoms with E-state index in [0.717, 1.165) is 5.56 Å². The third kappa shape index (κ3) is 3.91. The highest BCUT2D eigenvalue weighted by Gasteiger charge is 2.45. The monoisotopic (exact) mass is 355 g/mol. The average molecular weight is 355 g/mol. The van der Waals surface area contributed by atoms with Crippen molar-refractivity contribution >= 4 is 11.9 Å². The molecule has 0 N–H and O–H groups in total. The number of piperidine rings is 1. The Morgan fingerprint density at radius 3 is 2.23 bits per heavy atom. The summed E-state index contributed by atoms with van der Waals surface area (Å²) in [6, 6.07) is 6.88. The van der Waals surface area contributed by atoms with Gasteiger partial charge in [0.25, 0.3) is 0 Å². The van der Waals surface area contributed by atoms with Gasteiger partial charge in [0, 0.05) is 17.0 Å². The van der Waals surface area contributed by atoms with E-state index in [-0.39, 0.29) is 29.9 Å². The van der Waals surface area contributed by atoms with Gasteiger partial charge in [0.1, 0.15) is 5.60 Å². The smallest absolute Gasteiger partial charge is 0.410 e. The molecule has 2 saturated heterocycles. The first-order valence-electron chi connectivity index (χ1n) is 8.98. The van der Waals surface area contributed by atoms with E-state index in [2.05, 4.69) is 5.92 Å². The summed E-state index contributed by atoms with van der Waals surface area (Å²) >= 11 is 0. The largest absolute Gasteiger partial charge is 0.444 e. The molecule has 2 aliphatic rings. The summed E-state index contributed by atoms with van der Waals surface area (Å²) in [7, 11) is 0. The van der Waals surface area contributed by atoms with Gasteiger partial charge in [0.2, 0.25) is 0 Å². The molecule has 1 aromatic carbocycles. The van der Waals surface area contributed by atoms with Gasteiger partial charge >= 0.3 is 6.09 Å². The van der Waals surface area contributed by atoms with Gasteiger partial charge in [-0.25, -0.2) is 4.79 Å². The molecule has 2 unspecified atom stereocenters. The van der Waals surface area contributed by atoms with Crippen LogP contribution in [-0.4, -0.2) is 47.7 Å². The molecule has 5 heteroatoms. The summed E-state index contributed by atoms with van der Waals surface area (Å²) in [6.45, 7) is 6.44. The van der Waals surface area contributed by atoms with Crippen LogP contribution in [0.5, 0.6) is 0 Å². The maximum absolute atomic E-state index is 12.9. The molecule has 0 spiro atoms. The van der Waals surface area contributed by atoms with Crippen LogP contribution in [0.25, 0.3) is 0 Å². The minimum atomic E-state index is -0.544.